The molecule has 0 radical (unpaired) electrons. The summed E-state index contributed by atoms with van der Waals surface area (Å²) in [5.74, 6) is -0.157. The quantitative estimate of drug-likeness (QED) is 0.748. The summed E-state index contributed by atoms with van der Waals surface area (Å²) in [7, 11) is 0. The molecule has 1 rings (SSSR count). The van der Waals surface area contributed by atoms with Crippen LogP contribution in [0.5, 0.6) is 0 Å². The van der Waals surface area contributed by atoms with Crippen LogP contribution in [0.15, 0.2) is 35.3 Å². The van der Waals surface area contributed by atoms with Crippen LogP contribution < -0.4 is 0 Å². The van der Waals surface area contributed by atoms with Crippen LogP contribution in [0.2, 0.25) is 0 Å². The molecule has 0 aliphatic rings. The molecule has 0 saturated heterocycles. The van der Waals surface area contributed by atoms with E-state index in [4.69, 9.17) is 0 Å². The minimum atomic E-state index is -0.157. The average Bonchev–Trinajstić information content (AvgIpc) is 2.03. The topological polar surface area (TPSA) is 0 Å². The van der Waals surface area contributed by atoms with Gasteiger partial charge < -0.3 is 0 Å². The van der Waals surface area contributed by atoms with Crippen LogP contribution >= 0.6 is 15.9 Å². The van der Waals surface area contributed by atoms with Crippen LogP contribution in [-0.4, -0.2) is 0 Å². The molecule has 0 fully saturated rings. The van der Waals surface area contributed by atoms with Gasteiger partial charge in [-0.1, -0.05) is 34.6 Å². The molecule has 0 N–H and O–H groups in total. The van der Waals surface area contributed by atoms with Gasteiger partial charge in [0.2, 0.25) is 0 Å². The summed E-state index contributed by atoms with van der Waals surface area (Å²) in [6, 6.07) is 6.73. The Bertz CT molecular complexity index is 294. The molecule has 0 nitrogen and oxygen atoms in total. The second-order valence-corrected chi connectivity index (χ2v) is 4.12. The Morgan fingerprint density at radius 2 is 2.23 bits per heavy atom. The number of aryl methyl sites for hydroxylation is 1. The second-order valence-electron chi connectivity index (χ2n) is 3.00. The summed E-state index contributed by atoms with van der Waals surface area (Å²) in [6.07, 6.45) is 2.85. The van der Waals surface area contributed by atoms with Gasteiger partial charge in [-0.15, -0.1) is 0 Å². The molecule has 1 aromatic carbocycles. The van der Waals surface area contributed by atoms with Gasteiger partial charge in [0.25, 0.3) is 0 Å². The summed E-state index contributed by atoms with van der Waals surface area (Å²) in [6.45, 7) is 3.75. The van der Waals surface area contributed by atoms with E-state index in [0.717, 1.165) is 29.3 Å². The molecule has 0 bridgehead atoms. The molecule has 70 valence electrons. The molecule has 1 aromatic rings. The zero-order valence-corrected chi connectivity index (χ0v) is 8.98. The second kappa shape index (κ2) is 5.18. The van der Waals surface area contributed by atoms with Gasteiger partial charge in [-0.05, 0) is 41.4 Å². The van der Waals surface area contributed by atoms with E-state index in [1.54, 1.807) is 12.1 Å². The van der Waals surface area contributed by atoms with E-state index < -0.39 is 0 Å². The lowest BCUT2D eigenvalue weighted by atomic mass is 10.1. The van der Waals surface area contributed by atoms with Crippen LogP contribution in [-0.2, 0) is 6.42 Å². The summed E-state index contributed by atoms with van der Waals surface area (Å²) in [4.78, 5) is 0. The minimum Gasteiger partial charge on any atom is -0.207 e. The minimum absolute atomic E-state index is 0.157. The highest BCUT2D eigenvalue weighted by Crippen LogP contribution is 2.13. The van der Waals surface area contributed by atoms with Crippen molar-refractivity contribution in [3.8, 4) is 0 Å². The highest BCUT2D eigenvalue weighted by molar-refractivity contribution is 9.11. The lowest BCUT2D eigenvalue weighted by Crippen LogP contribution is -1.86. The smallest absolute Gasteiger partial charge is 0.123 e. The van der Waals surface area contributed by atoms with Crippen molar-refractivity contribution in [2.75, 3.05) is 0 Å². The first-order valence-corrected chi connectivity index (χ1v) is 5.05. The van der Waals surface area contributed by atoms with Crippen molar-refractivity contribution in [3.05, 3.63) is 46.7 Å². The van der Waals surface area contributed by atoms with Gasteiger partial charge in [-0.25, -0.2) is 4.39 Å². The number of hydrogen-bond acceptors (Lipinski definition) is 0. The third-order valence-corrected chi connectivity index (χ3v) is 2.20. The van der Waals surface area contributed by atoms with Gasteiger partial charge >= 0.3 is 0 Å². The molecule has 0 unspecified atom stereocenters. The number of allylic oxidation sites excluding steroid dienone is 1. The van der Waals surface area contributed by atoms with Gasteiger partial charge in [0.1, 0.15) is 5.82 Å². The number of hydrogen-bond donors (Lipinski definition) is 0. The molecule has 0 heterocycles. The summed E-state index contributed by atoms with van der Waals surface area (Å²) >= 11 is 3.29. The van der Waals surface area contributed by atoms with Gasteiger partial charge in [0, 0.05) is 0 Å². The van der Waals surface area contributed by atoms with Crippen molar-refractivity contribution >= 4 is 15.9 Å². The fourth-order valence-corrected chi connectivity index (χ4v) is 1.46. The molecular formula is C11H12BrF. The Labute approximate surface area is 86.6 Å². The standard InChI is InChI=1S/C11H12BrF/c1-9(12)4-2-5-10-6-3-7-11(13)8-10/h3,6-8H,1-2,4-5H2. The number of benzene rings is 1. The summed E-state index contributed by atoms with van der Waals surface area (Å²) in [5.41, 5.74) is 1.05. The van der Waals surface area contributed by atoms with Crippen molar-refractivity contribution in [3.63, 3.8) is 0 Å². The van der Waals surface area contributed by atoms with E-state index in [1.165, 1.54) is 6.07 Å². The van der Waals surface area contributed by atoms with Gasteiger partial charge in [0.05, 0.1) is 0 Å². The third kappa shape index (κ3) is 4.23. The normalized spacial score (nSPS) is 10.0. The maximum Gasteiger partial charge on any atom is 0.123 e. The summed E-state index contributed by atoms with van der Waals surface area (Å²) in [5, 5.41) is 0. The van der Waals surface area contributed by atoms with Crippen LogP contribution in [0, 0.1) is 5.82 Å². The van der Waals surface area contributed by atoms with E-state index >= 15 is 0 Å². The van der Waals surface area contributed by atoms with E-state index in [-0.39, 0.29) is 5.82 Å². The molecule has 2 heteroatoms. The molecular weight excluding hydrogens is 231 g/mol. The lowest BCUT2D eigenvalue weighted by Gasteiger charge is -2.00. The Kier molecular flexibility index (Phi) is 4.16. The van der Waals surface area contributed by atoms with Gasteiger partial charge in [-0.2, -0.15) is 0 Å². The zero-order chi connectivity index (χ0) is 9.68. The van der Waals surface area contributed by atoms with E-state index in [9.17, 15) is 4.39 Å². The Morgan fingerprint density at radius 1 is 1.46 bits per heavy atom. The van der Waals surface area contributed by atoms with Gasteiger partial charge in [0.15, 0.2) is 0 Å². The molecule has 0 amide bonds. The monoisotopic (exact) mass is 242 g/mol. The number of rotatable bonds is 4. The van der Waals surface area contributed by atoms with Crippen molar-refractivity contribution in [2.45, 2.75) is 19.3 Å². The first kappa shape index (κ1) is 10.5. The molecule has 0 atom stereocenters. The Hall–Kier alpha value is -0.630. The van der Waals surface area contributed by atoms with Crippen LogP contribution in [0.4, 0.5) is 4.39 Å². The first-order valence-electron chi connectivity index (χ1n) is 4.26. The molecule has 0 aliphatic carbocycles. The van der Waals surface area contributed by atoms with Gasteiger partial charge in [-0.3, -0.25) is 0 Å². The maximum absolute atomic E-state index is 12.7. The van der Waals surface area contributed by atoms with Crippen molar-refractivity contribution in [1.29, 1.82) is 0 Å². The maximum atomic E-state index is 12.7. The molecule has 0 saturated carbocycles. The number of halogens is 2. The average molecular weight is 243 g/mol. The van der Waals surface area contributed by atoms with E-state index in [0.29, 0.717) is 0 Å². The fraction of sp³-hybridized carbons (Fsp3) is 0.273. The van der Waals surface area contributed by atoms with Crippen LogP contribution in [0.1, 0.15) is 18.4 Å². The zero-order valence-electron chi connectivity index (χ0n) is 7.39. The van der Waals surface area contributed by atoms with Crippen molar-refractivity contribution in [2.24, 2.45) is 0 Å². The first-order chi connectivity index (χ1) is 6.18. The largest absolute Gasteiger partial charge is 0.207 e. The SMILES string of the molecule is C=C(Br)CCCc1cccc(F)c1. The lowest BCUT2D eigenvalue weighted by molar-refractivity contribution is 0.624. The molecule has 0 aliphatic heterocycles. The predicted molar refractivity (Wildman–Crippen MR) is 57.4 cm³/mol. The van der Waals surface area contributed by atoms with E-state index in [2.05, 4.69) is 22.5 Å². The predicted octanol–water partition coefficient (Wildman–Crippen LogP) is 4.06. The highest BCUT2D eigenvalue weighted by atomic mass is 79.9. The third-order valence-electron chi connectivity index (χ3n) is 1.80. The summed E-state index contributed by atoms with van der Waals surface area (Å²) < 4.78 is 13.7. The molecule has 0 aromatic heterocycles. The van der Waals surface area contributed by atoms with Crippen molar-refractivity contribution in [1.82, 2.24) is 0 Å². The Balaban J connectivity index is 2.41. The Morgan fingerprint density at radius 3 is 2.85 bits per heavy atom. The van der Waals surface area contributed by atoms with Crippen LogP contribution in [0.3, 0.4) is 0 Å². The van der Waals surface area contributed by atoms with E-state index in [1.807, 2.05) is 6.07 Å². The van der Waals surface area contributed by atoms with Crippen molar-refractivity contribution < 1.29 is 4.39 Å². The molecule has 0 spiro atoms. The molecule has 13 heavy (non-hydrogen) atoms. The fourth-order valence-electron chi connectivity index (χ4n) is 1.18. The van der Waals surface area contributed by atoms with Crippen LogP contribution in [0.25, 0.3) is 0 Å². The highest BCUT2D eigenvalue weighted by Gasteiger charge is 1.95.